The lowest BCUT2D eigenvalue weighted by Crippen LogP contribution is -2.30. The number of aromatic amines is 1. The van der Waals surface area contributed by atoms with Gasteiger partial charge in [-0.1, -0.05) is 18.2 Å². The summed E-state index contributed by atoms with van der Waals surface area (Å²) in [6.45, 7) is 3.53. The number of imidazole rings is 1. The predicted molar refractivity (Wildman–Crippen MR) is 160 cm³/mol. The maximum absolute atomic E-state index is 13.8. The van der Waals surface area contributed by atoms with E-state index in [9.17, 15) is 9.90 Å². The van der Waals surface area contributed by atoms with Gasteiger partial charge in [-0.2, -0.15) is 0 Å². The van der Waals surface area contributed by atoms with Crippen molar-refractivity contribution in [3.63, 3.8) is 0 Å². The first kappa shape index (κ1) is 27.1. The Morgan fingerprint density at radius 2 is 1.93 bits per heavy atom. The molecule has 0 fully saturated rings. The zero-order chi connectivity index (χ0) is 28.5. The Bertz CT molecular complexity index is 1730. The molecule has 41 heavy (non-hydrogen) atoms. The number of rotatable bonds is 9. The predicted octanol–water partition coefficient (Wildman–Crippen LogP) is 5.77. The van der Waals surface area contributed by atoms with Gasteiger partial charge in [0.2, 0.25) is 0 Å². The average molecular weight is 572 g/mol. The second-order valence-corrected chi connectivity index (χ2v) is 10.4. The molecule has 1 aliphatic heterocycles. The van der Waals surface area contributed by atoms with E-state index in [2.05, 4.69) is 4.98 Å². The van der Waals surface area contributed by atoms with Gasteiger partial charge < -0.3 is 29.6 Å². The van der Waals surface area contributed by atoms with E-state index in [1.807, 2.05) is 55.5 Å². The van der Waals surface area contributed by atoms with Gasteiger partial charge in [0.15, 0.2) is 0 Å². The van der Waals surface area contributed by atoms with Crippen LogP contribution in [0.4, 0.5) is 5.69 Å². The van der Waals surface area contributed by atoms with Crippen molar-refractivity contribution >= 4 is 45.0 Å². The number of fused-ring (bicyclic) bond motifs is 4. The molecule has 0 bridgehead atoms. The largest absolute Gasteiger partial charge is 0.507 e. The molecule has 4 aromatic carbocycles. The van der Waals surface area contributed by atoms with Crippen LogP contribution in [0.25, 0.3) is 33.2 Å². The quantitative estimate of drug-likeness (QED) is 0.153. The van der Waals surface area contributed by atoms with Crippen molar-refractivity contribution in [2.24, 2.45) is 0 Å². The number of nitrogens with zero attached hydrogens (tertiary/aromatic N) is 2. The van der Waals surface area contributed by atoms with E-state index in [-0.39, 0.29) is 24.2 Å². The van der Waals surface area contributed by atoms with Gasteiger partial charge in [-0.05, 0) is 65.9 Å². The number of halogens is 1. The number of phenolic OH excluding ortho intramolecular Hbond substituents is 1. The summed E-state index contributed by atoms with van der Waals surface area (Å²) in [6, 6.07) is 20.5. The number of aliphatic hydroxyl groups is 1. The first-order valence-corrected chi connectivity index (χ1v) is 14.1. The molecule has 6 rings (SSSR count). The minimum atomic E-state index is -0.165. The van der Waals surface area contributed by atoms with E-state index >= 15 is 0 Å². The molecule has 0 spiro atoms. The summed E-state index contributed by atoms with van der Waals surface area (Å²) in [5.74, 6) is 1.70. The standard InChI is InChI=1S/C32H30ClN3O5/c1-19-3-2-4-24-28(38)16-27-30(29(19)24)22(17-33)18-36(27)32(39)21-7-10-25-26(15-21)35-31(34-25)20-5-8-23(9-6-20)41-14-13-40-12-11-37/h2-10,15-16,22,37-38H,11-14,17-18H2,1H3,(H,34,35)/t22-/m1/s1. The topological polar surface area (TPSA) is 108 Å². The number of anilines is 1. The fourth-order valence-corrected chi connectivity index (χ4v) is 5.79. The van der Waals surface area contributed by atoms with Crippen molar-refractivity contribution in [2.75, 3.05) is 43.8 Å². The SMILES string of the molecule is Cc1cccc2c(O)cc3c(c12)[C@H](CCl)CN3C(=O)c1ccc2[nH]c(-c3ccc(OCCOCCO)cc3)nc2c1. The Hall–Kier alpha value is -4.11. The van der Waals surface area contributed by atoms with Gasteiger partial charge in [0.1, 0.15) is 23.9 Å². The van der Waals surface area contributed by atoms with Gasteiger partial charge in [-0.25, -0.2) is 4.98 Å². The molecule has 0 saturated carbocycles. The van der Waals surface area contributed by atoms with Crippen LogP contribution in [0, 0.1) is 6.92 Å². The molecule has 210 valence electrons. The van der Waals surface area contributed by atoms with Gasteiger partial charge in [-0.15, -0.1) is 11.6 Å². The maximum atomic E-state index is 13.8. The summed E-state index contributed by atoms with van der Waals surface area (Å²) >= 11 is 6.40. The third-order valence-corrected chi connectivity index (χ3v) is 7.86. The molecule has 2 heterocycles. The maximum Gasteiger partial charge on any atom is 0.258 e. The van der Waals surface area contributed by atoms with Crippen molar-refractivity contribution in [1.82, 2.24) is 9.97 Å². The number of amides is 1. The Morgan fingerprint density at radius 1 is 1.10 bits per heavy atom. The monoisotopic (exact) mass is 571 g/mol. The summed E-state index contributed by atoms with van der Waals surface area (Å²) in [6.07, 6.45) is 0. The Balaban J connectivity index is 1.25. The molecular weight excluding hydrogens is 542 g/mol. The summed E-state index contributed by atoms with van der Waals surface area (Å²) < 4.78 is 10.9. The first-order chi connectivity index (χ1) is 20.0. The zero-order valence-electron chi connectivity index (χ0n) is 22.6. The van der Waals surface area contributed by atoms with E-state index in [0.29, 0.717) is 60.6 Å². The van der Waals surface area contributed by atoms with Crippen molar-refractivity contribution in [3.8, 4) is 22.9 Å². The van der Waals surface area contributed by atoms with Gasteiger partial charge in [0.05, 0.1) is 36.5 Å². The van der Waals surface area contributed by atoms with E-state index in [0.717, 1.165) is 33.0 Å². The highest BCUT2D eigenvalue weighted by Gasteiger charge is 2.35. The molecule has 1 aliphatic rings. The van der Waals surface area contributed by atoms with E-state index in [1.165, 1.54) is 0 Å². The van der Waals surface area contributed by atoms with Gasteiger partial charge >= 0.3 is 0 Å². The first-order valence-electron chi connectivity index (χ1n) is 13.5. The number of aliphatic hydroxyl groups excluding tert-OH is 1. The smallest absolute Gasteiger partial charge is 0.258 e. The molecular formula is C32H30ClN3O5. The van der Waals surface area contributed by atoms with Crippen LogP contribution in [0.1, 0.15) is 27.4 Å². The van der Waals surface area contributed by atoms with Crippen LogP contribution >= 0.6 is 11.6 Å². The summed E-state index contributed by atoms with van der Waals surface area (Å²) in [5, 5.41) is 21.3. The van der Waals surface area contributed by atoms with E-state index in [4.69, 9.17) is 31.2 Å². The lowest BCUT2D eigenvalue weighted by molar-refractivity contribution is 0.0705. The highest BCUT2D eigenvalue weighted by molar-refractivity contribution is 6.19. The molecule has 8 nitrogen and oxygen atoms in total. The highest BCUT2D eigenvalue weighted by Crippen LogP contribution is 2.46. The van der Waals surface area contributed by atoms with Crippen molar-refractivity contribution in [1.29, 1.82) is 0 Å². The number of carbonyl (C=O) groups is 1. The summed E-state index contributed by atoms with van der Waals surface area (Å²) in [4.78, 5) is 23.6. The van der Waals surface area contributed by atoms with E-state index in [1.54, 1.807) is 23.1 Å². The second-order valence-electron chi connectivity index (χ2n) is 10.1. The summed E-state index contributed by atoms with van der Waals surface area (Å²) in [5.41, 5.74) is 5.63. The number of aromatic hydroxyl groups is 1. The van der Waals surface area contributed by atoms with Crippen LogP contribution in [-0.2, 0) is 4.74 Å². The normalized spacial score (nSPS) is 14.6. The number of carbonyl (C=O) groups excluding carboxylic acids is 1. The molecule has 0 radical (unpaired) electrons. The second kappa shape index (κ2) is 11.4. The molecule has 5 aromatic rings. The number of ether oxygens (including phenoxy) is 2. The van der Waals surface area contributed by atoms with Crippen LogP contribution in [0.5, 0.6) is 11.5 Å². The molecule has 1 amide bonds. The van der Waals surface area contributed by atoms with Crippen LogP contribution in [0.2, 0.25) is 0 Å². The Labute approximate surface area is 242 Å². The van der Waals surface area contributed by atoms with Gasteiger partial charge in [-0.3, -0.25) is 4.79 Å². The number of H-pyrrole nitrogens is 1. The van der Waals surface area contributed by atoms with Crippen LogP contribution < -0.4 is 9.64 Å². The number of benzene rings is 4. The number of hydrogen-bond donors (Lipinski definition) is 3. The van der Waals surface area contributed by atoms with Crippen LogP contribution in [-0.4, -0.2) is 64.9 Å². The molecule has 1 aromatic heterocycles. The number of nitrogens with one attached hydrogen (secondary N) is 1. The van der Waals surface area contributed by atoms with E-state index < -0.39 is 0 Å². The third-order valence-electron chi connectivity index (χ3n) is 7.49. The highest BCUT2D eigenvalue weighted by atomic mass is 35.5. The Morgan fingerprint density at radius 3 is 2.71 bits per heavy atom. The number of aryl methyl sites for hydroxylation is 1. The van der Waals surface area contributed by atoms with Gasteiger partial charge in [0.25, 0.3) is 5.91 Å². The van der Waals surface area contributed by atoms with Crippen molar-refractivity contribution < 1.29 is 24.5 Å². The minimum Gasteiger partial charge on any atom is -0.507 e. The van der Waals surface area contributed by atoms with Crippen molar-refractivity contribution in [3.05, 3.63) is 83.4 Å². The molecule has 0 saturated heterocycles. The fourth-order valence-electron chi connectivity index (χ4n) is 5.54. The minimum absolute atomic E-state index is 0.00966. The molecule has 1 atom stereocenters. The molecule has 3 N–H and O–H groups in total. The molecule has 0 unspecified atom stereocenters. The number of phenols is 1. The average Bonchev–Trinajstić information content (AvgIpc) is 3.58. The van der Waals surface area contributed by atoms with Crippen LogP contribution in [0.3, 0.4) is 0 Å². The zero-order valence-corrected chi connectivity index (χ0v) is 23.3. The summed E-state index contributed by atoms with van der Waals surface area (Å²) in [7, 11) is 0. The number of alkyl halides is 1. The van der Waals surface area contributed by atoms with Gasteiger partial charge in [0, 0.05) is 40.9 Å². The number of hydrogen-bond acceptors (Lipinski definition) is 6. The molecule has 0 aliphatic carbocycles. The van der Waals surface area contributed by atoms with Crippen LogP contribution in [0.15, 0.2) is 66.7 Å². The number of aromatic nitrogens is 2. The lowest BCUT2D eigenvalue weighted by Gasteiger charge is -2.19. The Kier molecular flexibility index (Phi) is 7.53. The molecule has 9 heteroatoms. The van der Waals surface area contributed by atoms with Crippen molar-refractivity contribution in [2.45, 2.75) is 12.8 Å². The lowest BCUT2D eigenvalue weighted by atomic mass is 9.92. The third kappa shape index (κ3) is 5.10. The fraction of sp³-hybridized carbons (Fsp3) is 0.250.